The first-order chi connectivity index (χ1) is 12.2. The second-order valence-corrected chi connectivity index (χ2v) is 6.55. The van der Waals surface area contributed by atoms with Gasteiger partial charge in [0.15, 0.2) is 0 Å². The maximum Gasteiger partial charge on any atom is 0.328 e. The van der Waals surface area contributed by atoms with Crippen LogP contribution in [0.25, 0.3) is 11.0 Å². The normalized spacial score (nSPS) is 15.9. The van der Waals surface area contributed by atoms with Gasteiger partial charge in [0, 0.05) is 19.0 Å². The van der Waals surface area contributed by atoms with E-state index in [1.165, 1.54) is 20.0 Å². The fourth-order valence-electron chi connectivity index (χ4n) is 3.37. The molecule has 1 aliphatic rings. The fraction of sp³-hybridized carbons (Fsp3) is 0.474. The van der Waals surface area contributed by atoms with Gasteiger partial charge in [-0.25, -0.2) is 9.78 Å². The lowest BCUT2D eigenvalue weighted by molar-refractivity contribution is -0.145. The quantitative estimate of drug-likeness (QED) is 0.816. The molecule has 2 aromatic rings. The van der Waals surface area contributed by atoms with Crippen LogP contribution in [0, 0.1) is 5.92 Å². The number of hydrogen-bond donors (Lipinski definition) is 1. The van der Waals surface area contributed by atoms with Gasteiger partial charge in [0.25, 0.3) is 0 Å². The lowest BCUT2D eigenvalue weighted by Crippen LogP contribution is -2.43. The standard InChI is InChI=1S/C19H23N3O3/c1-25-19(24)17(22-18(23)10-13-6-2-3-7-13)11-14-12-20-15-8-4-5-9-16(15)21-14/h4-5,8-9,12-13,17H,2-3,6-7,10-11H2,1H3,(H,22,23)/t17-/m0/s1. The van der Waals surface area contributed by atoms with Crippen molar-refractivity contribution in [3.63, 3.8) is 0 Å². The van der Waals surface area contributed by atoms with Crippen LogP contribution in [0.1, 0.15) is 37.8 Å². The third-order valence-electron chi connectivity index (χ3n) is 4.68. The number of amides is 1. The molecule has 1 aliphatic carbocycles. The van der Waals surface area contributed by atoms with Gasteiger partial charge in [0.2, 0.25) is 5.91 Å². The Kier molecular flexibility index (Phi) is 5.58. The predicted molar refractivity (Wildman–Crippen MR) is 93.8 cm³/mol. The number of nitrogens with one attached hydrogen (secondary N) is 1. The summed E-state index contributed by atoms with van der Waals surface area (Å²) in [5.41, 5.74) is 2.21. The number of esters is 1. The van der Waals surface area contributed by atoms with E-state index in [2.05, 4.69) is 15.3 Å². The summed E-state index contributed by atoms with van der Waals surface area (Å²) in [6, 6.07) is 6.80. The van der Waals surface area contributed by atoms with E-state index in [4.69, 9.17) is 4.74 Å². The van der Waals surface area contributed by atoms with Gasteiger partial charge in [0.05, 0.1) is 23.8 Å². The van der Waals surface area contributed by atoms with Crippen molar-refractivity contribution in [2.45, 2.75) is 44.6 Å². The molecule has 1 saturated carbocycles. The van der Waals surface area contributed by atoms with Gasteiger partial charge < -0.3 is 10.1 Å². The number of methoxy groups -OCH3 is 1. The summed E-state index contributed by atoms with van der Waals surface area (Å²) >= 11 is 0. The van der Waals surface area contributed by atoms with Gasteiger partial charge >= 0.3 is 5.97 Å². The number of para-hydroxylation sites is 2. The second-order valence-electron chi connectivity index (χ2n) is 6.55. The zero-order valence-electron chi connectivity index (χ0n) is 14.4. The summed E-state index contributed by atoms with van der Waals surface area (Å²) in [5.74, 6) is -0.135. The summed E-state index contributed by atoms with van der Waals surface area (Å²) in [5, 5.41) is 2.81. The molecule has 1 amide bonds. The van der Waals surface area contributed by atoms with Crippen molar-refractivity contribution in [1.82, 2.24) is 15.3 Å². The Hall–Kier alpha value is -2.50. The molecular formula is C19H23N3O3. The Morgan fingerprint density at radius 2 is 1.96 bits per heavy atom. The summed E-state index contributed by atoms with van der Waals surface area (Å²) in [4.78, 5) is 33.2. The molecule has 1 N–H and O–H groups in total. The molecule has 6 heteroatoms. The highest BCUT2D eigenvalue weighted by molar-refractivity contribution is 5.84. The first-order valence-electron chi connectivity index (χ1n) is 8.73. The van der Waals surface area contributed by atoms with Gasteiger partial charge in [-0.15, -0.1) is 0 Å². The molecule has 6 nitrogen and oxygen atoms in total. The van der Waals surface area contributed by atoms with Crippen LogP contribution in [0.4, 0.5) is 0 Å². The van der Waals surface area contributed by atoms with Crippen molar-refractivity contribution in [2.75, 3.05) is 7.11 Å². The molecule has 25 heavy (non-hydrogen) atoms. The van der Waals surface area contributed by atoms with E-state index in [1.54, 1.807) is 6.20 Å². The Morgan fingerprint density at radius 3 is 2.68 bits per heavy atom. The number of carbonyl (C=O) groups is 2. The second kappa shape index (κ2) is 8.05. The Bertz CT molecular complexity index is 756. The number of carbonyl (C=O) groups excluding carboxylic acids is 2. The molecule has 132 valence electrons. The van der Waals surface area contributed by atoms with E-state index in [-0.39, 0.29) is 12.3 Å². The smallest absolute Gasteiger partial charge is 0.328 e. The van der Waals surface area contributed by atoms with Gasteiger partial charge in [-0.3, -0.25) is 9.78 Å². The molecule has 0 spiro atoms. The van der Waals surface area contributed by atoms with Crippen LogP contribution in [-0.4, -0.2) is 35.0 Å². The SMILES string of the molecule is COC(=O)[C@H](Cc1cnc2ccccc2n1)NC(=O)CC1CCCC1. The van der Waals surface area contributed by atoms with Crippen LogP contribution in [0.2, 0.25) is 0 Å². The van der Waals surface area contributed by atoms with Crippen molar-refractivity contribution in [1.29, 1.82) is 0 Å². The molecule has 1 atom stereocenters. The van der Waals surface area contributed by atoms with Crippen molar-refractivity contribution in [3.8, 4) is 0 Å². The van der Waals surface area contributed by atoms with Gasteiger partial charge in [0.1, 0.15) is 6.04 Å². The molecule has 1 fully saturated rings. The highest BCUT2D eigenvalue weighted by Gasteiger charge is 2.25. The number of aromatic nitrogens is 2. The Morgan fingerprint density at radius 1 is 1.24 bits per heavy atom. The molecule has 0 radical (unpaired) electrons. The van der Waals surface area contributed by atoms with E-state index in [0.717, 1.165) is 23.9 Å². The Labute approximate surface area is 147 Å². The molecule has 3 rings (SSSR count). The van der Waals surface area contributed by atoms with Crippen molar-refractivity contribution < 1.29 is 14.3 Å². The zero-order valence-corrected chi connectivity index (χ0v) is 14.4. The largest absolute Gasteiger partial charge is 0.467 e. The predicted octanol–water partition coefficient (Wildman–Crippen LogP) is 2.41. The van der Waals surface area contributed by atoms with E-state index in [1.807, 2.05) is 24.3 Å². The van der Waals surface area contributed by atoms with Crippen LogP contribution in [0.5, 0.6) is 0 Å². The Balaban J connectivity index is 1.68. The van der Waals surface area contributed by atoms with Crippen molar-refractivity contribution in [2.24, 2.45) is 5.92 Å². The lowest BCUT2D eigenvalue weighted by Gasteiger charge is -2.17. The van der Waals surface area contributed by atoms with Crippen LogP contribution >= 0.6 is 0 Å². The monoisotopic (exact) mass is 341 g/mol. The molecule has 1 heterocycles. The minimum Gasteiger partial charge on any atom is -0.467 e. The summed E-state index contributed by atoms with van der Waals surface area (Å²) in [7, 11) is 1.32. The van der Waals surface area contributed by atoms with Gasteiger partial charge in [-0.2, -0.15) is 0 Å². The zero-order chi connectivity index (χ0) is 17.6. The first-order valence-corrected chi connectivity index (χ1v) is 8.73. The molecule has 1 aromatic carbocycles. The maximum absolute atomic E-state index is 12.3. The third kappa shape index (κ3) is 4.53. The van der Waals surface area contributed by atoms with Gasteiger partial charge in [-0.05, 0) is 30.9 Å². The maximum atomic E-state index is 12.3. The van der Waals surface area contributed by atoms with Crippen molar-refractivity contribution >= 4 is 22.9 Å². The number of benzene rings is 1. The number of fused-ring (bicyclic) bond motifs is 1. The summed E-state index contributed by atoms with van der Waals surface area (Å²) in [6.45, 7) is 0. The highest BCUT2D eigenvalue weighted by Crippen LogP contribution is 2.27. The molecule has 0 aliphatic heterocycles. The van der Waals surface area contributed by atoms with E-state index in [0.29, 0.717) is 18.0 Å². The van der Waals surface area contributed by atoms with Crippen LogP contribution < -0.4 is 5.32 Å². The minimum atomic E-state index is -0.741. The number of nitrogens with zero attached hydrogens (tertiary/aromatic N) is 2. The average Bonchev–Trinajstić information content (AvgIpc) is 3.13. The summed E-state index contributed by atoms with van der Waals surface area (Å²) < 4.78 is 4.84. The lowest BCUT2D eigenvalue weighted by atomic mass is 10.0. The summed E-state index contributed by atoms with van der Waals surface area (Å²) in [6.07, 6.45) is 6.92. The van der Waals surface area contributed by atoms with Gasteiger partial charge in [-0.1, -0.05) is 25.0 Å². The molecule has 0 saturated heterocycles. The van der Waals surface area contributed by atoms with Crippen LogP contribution in [0.3, 0.4) is 0 Å². The minimum absolute atomic E-state index is 0.101. The topological polar surface area (TPSA) is 81.2 Å². The molecule has 0 unspecified atom stereocenters. The molecule has 1 aromatic heterocycles. The van der Waals surface area contributed by atoms with E-state index < -0.39 is 12.0 Å². The average molecular weight is 341 g/mol. The number of ether oxygens (including phenoxy) is 1. The molecule has 0 bridgehead atoms. The molecular weight excluding hydrogens is 318 g/mol. The number of hydrogen-bond acceptors (Lipinski definition) is 5. The fourth-order valence-corrected chi connectivity index (χ4v) is 3.37. The van der Waals surface area contributed by atoms with Crippen LogP contribution in [0.15, 0.2) is 30.5 Å². The van der Waals surface area contributed by atoms with Crippen molar-refractivity contribution in [3.05, 3.63) is 36.2 Å². The van der Waals surface area contributed by atoms with E-state index >= 15 is 0 Å². The van der Waals surface area contributed by atoms with Crippen LogP contribution in [-0.2, 0) is 20.7 Å². The number of rotatable bonds is 6. The third-order valence-corrected chi connectivity index (χ3v) is 4.68. The first kappa shape index (κ1) is 17.3. The highest BCUT2D eigenvalue weighted by atomic mass is 16.5. The van der Waals surface area contributed by atoms with E-state index in [9.17, 15) is 9.59 Å².